The van der Waals surface area contributed by atoms with Gasteiger partial charge in [-0.25, -0.2) is 0 Å². The van der Waals surface area contributed by atoms with Gasteiger partial charge in [0.25, 0.3) is 0 Å². The van der Waals surface area contributed by atoms with E-state index in [0.29, 0.717) is 15.7 Å². The minimum absolute atomic E-state index is 0.117. The number of benzene rings is 2. The topological polar surface area (TPSA) is 44.4 Å². The Balaban J connectivity index is 1.52. The van der Waals surface area contributed by atoms with Gasteiger partial charge >= 0.3 is 0 Å². The number of anilines is 3. The van der Waals surface area contributed by atoms with E-state index in [-0.39, 0.29) is 12.5 Å². The summed E-state index contributed by atoms with van der Waals surface area (Å²) in [6.07, 6.45) is 2.46. The number of hydrogen-bond acceptors (Lipinski definition) is 3. The number of hydrogen-bond donors (Lipinski definition) is 2. The molecular weight excluding hydrogens is 369 g/mol. The van der Waals surface area contributed by atoms with Crippen LogP contribution < -0.4 is 15.5 Å². The van der Waals surface area contributed by atoms with Crippen molar-refractivity contribution in [3.05, 3.63) is 52.5 Å². The molecule has 26 heavy (non-hydrogen) atoms. The van der Waals surface area contributed by atoms with Crippen molar-refractivity contribution in [2.75, 3.05) is 35.2 Å². The monoisotopic (exact) mass is 391 g/mol. The molecule has 0 spiro atoms. The van der Waals surface area contributed by atoms with Crippen LogP contribution in [0.1, 0.15) is 19.8 Å². The van der Waals surface area contributed by atoms with Crippen molar-refractivity contribution in [2.45, 2.75) is 19.8 Å². The van der Waals surface area contributed by atoms with Crippen LogP contribution >= 0.6 is 23.2 Å². The van der Waals surface area contributed by atoms with Crippen LogP contribution in [0.25, 0.3) is 0 Å². The predicted molar refractivity (Wildman–Crippen MR) is 111 cm³/mol. The lowest BCUT2D eigenvalue weighted by molar-refractivity contribution is -0.114. The van der Waals surface area contributed by atoms with E-state index in [0.717, 1.165) is 24.7 Å². The van der Waals surface area contributed by atoms with Crippen LogP contribution in [0.3, 0.4) is 0 Å². The van der Waals surface area contributed by atoms with Crippen molar-refractivity contribution < 1.29 is 4.79 Å². The van der Waals surface area contributed by atoms with E-state index < -0.39 is 0 Å². The maximum Gasteiger partial charge on any atom is 0.243 e. The third-order valence-electron chi connectivity index (χ3n) is 4.69. The summed E-state index contributed by atoms with van der Waals surface area (Å²) in [7, 11) is 0. The first-order valence-corrected chi connectivity index (χ1v) is 9.61. The largest absolute Gasteiger partial charge is 0.375 e. The molecule has 6 heteroatoms. The number of amides is 1. The van der Waals surface area contributed by atoms with Gasteiger partial charge in [0.15, 0.2) is 0 Å². The van der Waals surface area contributed by atoms with Crippen LogP contribution in [-0.4, -0.2) is 25.5 Å². The zero-order valence-electron chi connectivity index (χ0n) is 14.8. The smallest absolute Gasteiger partial charge is 0.243 e. The summed E-state index contributed by atoms with van der Waals surface area (Å²) in [5, 5.41) is 6.77. The number of carbonyl (C=O) groups is 1. The average Bonchev–Trinajstić information content (AvgIpc) is 2.64. The van der Waals surface area contributed by atoms with Crippen LogP contribution in [0, 0.1) is 5.92 Å². The molecule has 2 aromatic rings. The Morgan fingerprint density at radius 3 is 2.50 bits per heavy atom. The molecule has 4 nitrogen and oxygen atoms in total. The number of nitrogens with zero attached hydrogens (tertiary/aromatic N) is 1. The van der Waals surface area contributed by atoms with Gasteiger partial charge in [0.2, 0.25) is 5.91 Å². The first-order valence-electron chi connectivity index (χ1n) is 8.85. The number of halogens is 2. The van der Waals surface area contributed by atoms with E-state index in [1.165, 1.54) is 18.5 Å². The third-order valence-corrected chi connectivity index (χ3v) is 5.51. The molecule has 1 fully saturated rings. The summed E-state index contributed by atoms with van der Waals surface area (Å²) in [4.78, 5) is 14.5. The van der Waals surface area contributed by atoms with Gasteiger partial charge < -0.3 is 15.5 Å². The van der Waals surface area contributed by atoms with Gasteiger partial charge in [-0.05, 0) is 55.2 Å². The molecule has 0 bridgehead atoms. The molecule has 1 heterocycles. The van der Waals surface area contributed by atoms with Crippen molar-refractivity contribution >= 4 is 46.2 Å². The number of piperidine rings is 1. The van der Waals surface area contributed by atoms with Crippen molar-refractivity contribution in [3.63, 3.8) is 0 Å². The van der Waals surface area contributed by atoms with Crippen molar-refractivity contribution in [1.29, 1.82) is 0 Å². The molecule has 1 aliphatic heterocycles. The molecular formula is C20H23Cl2N3O. The summed E-state index contributed by atoms with van der Waals surface area (Å²) >= 11 is 12.1. The highest BCUT2D eigenvalue weighted by Gasteiger charge is 2.16. The second-order valence-electron chi connectivity index (χ2n) is 6.72. The van der Waals surface area contributed by atoms with E-state index in [2.05, 4.69) is 34.6 Å². The SMILES string of the molecule is CC1CCN(c2ccc(NC(=O)CNc3cccc(Cl)c3Cl)cc2)CC1. The number of carbonyl (C=O) groups excluding carboxylic acids is 1. The van der Waals surface area contributed by atoms with Crippen LogP contribution in [0.15, 0.2) is 42.5 Å². The number of rotatable bonds is 5. The molecule has 0 saturated carbocycles. The Hall–Kier alpha value is -1.91. The first kappa shape index (κ1) is 18.9. The first-order chi connectivity index (χ1) is 12.5. The standard InChI is InChI=1S/C20H23Cl2N3O/c1-14-9-11-25(12-10-14)16-7-5-15(6-8-16)24-19(26)13-23-18-4-2-3-17(21)20(18)22/h2-8,14,23H,9-13H2,1H3,(H,24,26). The summed E-state index contributed by atoms with van der Waals surface area (Å²) in [6.45, 7) is 4.61. The van der Waals surface area contributed by atoms with Crippen molar-refractivity contribution in [1.82, 2.24) is 0 Å². The molecule has 0 radical (unpaired) electrons. The fourth-order valence-corrected chi connectivity index (χ4v) is 3.41. The van der Waals surface area contributed by atoms with Gasteiger partial charge in [0, 0.05) is 24.5 Å². The van der Waals surface area contributed by atoms with Gasteiger partial charge in [-0.2, -0.15) is 0 Å². The summed E-state index contributed by atoms with van der Waals surface area (Å²) in [6, 6.07) is 13.3. The highest BCUT2D eigenvalue weighted by molar-refractivity contribution is 6.43. The lowest BCUT2D eigenvalue weighted by atomic mass is 9.99. The summed E-state index contributed by atoms with van der Waals surface area (Å²) in [5.74, 6) is 0.672. The van der Waals surface area contributed by atoms with Crippen LogP contribution in [-0.2, 0) is 4.79 Å². The van der Waals surface area contributed by atoms with Crippen LogP contribution in [0.5, 0.6) is 0 Å². The molecule has 3 rings (SSSR count). The fraction of sp³-hybridized carbons (Fsp3) is 0.350. The zero-order valence-corrected chi connectivity index (χ0v) is 16.3. The zero-order chi connectivity index (χ0) is 18.5. The Bertz CT molecular complexity index is 756. The molecule has 1 amide bonds. The minimum atomic E-state index is -0.138. The normalized spacial score (nSPS) is 15.0. The molecule has 0 aliphatic carbocycles. The van der Waals surface area contributed by atoms with Gasteiger partial charge in [-0.15, -0.1) is 0 Å². The second-order valence-corrected chi connectivity index (χ2v) is 7.50. The molecule has 1 aliphatic rings. The average molecular weight is 392 g/mol. The van der Waals surface area contributed by atoms with Crippen molar-refractivity contribution in [3.8, 4) is 0 Å². The third kappa shape index (κ3) is 4.83. The lowest BCUT2D eigenvalue weighted by Gasteiger charge is -2.32. The molecule has 2 aromatic carbocycles. The fourth-order valence-electron chi connectivity index (χ4n) is 3.04. The van der Waals surface area contributed by atoms with Gasteiger partial charge in [-0.1, -0.05) is 36.2 Å². The Morgan fingerprint density at radius 2 is 1.81 bits per heavy atom. The Morgan fingerprint density at radius 1 is 1.12 bits per heavy atom. The number of nitrogens with one attached hydrogen (secondary N) is 2. The van der Waals surface area contributed by atoms with Gasteiger partial charge in [-0.3, -0.25) is 4.79 Å². The van der Waals surface area contributed by atoms with Crippen LogP contribution in [0.4, 0.5) is 17.1 Å². The van der Waals surface area contributed by atoms with Gasteiger partial charge in [0.1, 0.15) is 0 Å². The maximum absolute atomic E-state index is 12.1. The van der Waals surface area contributed by atoms with E-state index in [1.807, 2.05) is 12.1 Å². The van der Waals surface area contributed by atoms with Crippen LogP contribution in [0.2, 0.25) is 10.0 Å². The molecule has 0 atom stereocenters. The molecule has 138 valence electrons. The summed E-state index contributed by atoms with van der Waals surface area (Å²) in [5.41, 5.74) is 2.63. The highest BCUT2D eigenvalue weighted by atomic mass is 35.5. The molecule has 1 saturated heterocycles. The quantitative estimate of drug-likeness (QED) is 0.728. The molecule has 2 N–H and O–H groups in total. The lowest BCUT2D eigenvalue weighted by Crippen LogP contribution is -2.32. The summed E-state index contributed by atoms with van der Waals surface area (Å²) < 4.78 is 0. The highest BCUT2D eigenvalue weighted by Crippen LogP contribution is 2.29. The van der Waals surface area contributed by atoms with E-state index in [1.54, 1.807) is 18.2 Å². The Kier molecular flexibility index (Phi) is 6.28. The van der Waals surface area contributed by atoms with E-state index in [4.69, 9.17) is 23.2 Å². The van der Waals surface area contributed by atoms with E-state index in [9.17, 15) is 4.79 Å². The van der Waals surface area contributed by atoms with Crippen molar-refractivity contribution in [2.24, 2.45) is 5.92 Å². The predicted octanol–water partition coefficient (Wildman–Crippen LogP) is 5.28. The molecule has 0 aromatic heterocycles. The Labute approximate surface area is 164 Å². The second kappa shape index (κ2) is 8.65. The van der Waals surface area contributed by atoms with E-state index >= 15 is 0 Å². The minimum Gasteiger partial charge on any atom is -0.375 e. The van der Waals surface area contributed by atoms with Gasteiger partial charge in [0.05, 0.1) is 22.3 Å². The molecule has 0 unspecified atom stereocenters. The maximum atomic E-state index is 12.1.